The van der Waals surface area contributed by atoms with Crippen LogP contribution in [0.1, 0.15) is 18.9 Å². The van der Waals surface area contributed by atoms with Gasteiger partial charge in [0.2, 0.25) is 0 Å². The molecule has 0 N–H and O–H groups in total. The first-order valence-corrected chi connectivity index (χ1v) is 5.41. The van der Waals surface area contributed by atoms with Crippen molar-refractivity contribution in [2.24, 2.45) is 0 Å². The smallest absolute Gasteiger partial charge is 0.352 e. The number of anilines is 1. The minimum absolute atomic E-state index is 0.0347. The molecule has 17 heavy (non-hydrogen) atoms. The summed E-state index contributed by atoms with van der Waals surface area (Å²) in [6.07, 6.45) is -0.136. The molecular formula is C12H13F3N2. The summed E-state index contributed by atoms with van der Waals surface area (Å²) >= 11 is 0. The second kappa shape index (κ2) is 4.39. The molecule has 0 radical (unpaired) electrons. The van der Waals surface area contributed by atoms with Gasteiger partial charge in [-0.05, 0) is 25.5 Å². The number of halogens is 3. The minimum Gasteiger partial charge on any atom is -0.352 e. The molecule has 2 rings (SSSR count). The van der Waals surface area contributed by atoms with Crippen LogP contribution in [0.2, 0.25) is 0 Å². The molecule has 1 aromatic rings. The predicted molar refractivity (Wildman–Crippen MR) is 59.8 cm³/mol. The first kappa shape index (κ1) is 12.0. The van der Waals surface area contributed by atoms with Crippen LogP contribution in [-0.2, 0) is 6.18 Å². The molecule has 92 valence electrons. The highest BCUT2D eigenvalue weighted by molar-refractivity contribution is 5.50. The molecule has 0 aliphatic carbocycles. The van der Waals surface area contributed by atoms with Gasteiger partial charge in [0.1, 0.15) is 5.82 Å². The summed E-state index contributed by atoms with van der Waals surface area (Å²) in [6.45, 7) is 3.01. The van der Waals surface area contributed by atoms with Gasteiger partial charge in [0, 0.05) is 19.3 Å². The summed E-state index contributed by atoms with van der Waals surface area (Å²) in [5.74, 6) is 0.0347. The lowest BCUT2D eigenvalue weighted by Gasteiger charge is -2.29. The minimum atomic E-state index is -4.35. The van der Waals surface area contributed by atoms with E-state index in [4.69, 9.17) is 0 Å². The van der Waals surface area contributed by atoms with Crippen LogP contribution in [0.3, 0.4) is 0 Å². The molecule has 1 aromatic heterocycles. The van der Waals surface area contributed by atoms with Crippen molar-refractivity contribution >= 4 is 5.82 Å². The summed E-state index contributed by atoms with van der Waals surface area (Å²) in [4.78, 5) is 5.56. The third-order valence-electron chi connectivity index (χ3n) is 2.72. The number of hydrogen-bond donors (Lipinski definition) is 0. The van der Waals surface area contributed by atoms with E-state index >= 15 is 0 Å². The van der Waals surface area contributed by atoms with Gasteiger partial charge >= 0.3 is 6.18 Å². The van der Waals surface area contributed by atoms with Crippen molar-refractivity contribution in [3.63, 3.8) is 0 Å². The maximum Gasteiger partial charge on any atom is 0.419 e. The molecule has 0 fully saturated rings. The standard InChI is InChI=1S/C12H13F3N2/c1-9-4-3-7-17(8-9)11-10(12(13,14)15)5-2-6-16-11/h2,4-6H,3,7-8H2,1H3. The molecule has 2 heterocycles. The normalized spacial score (nSPS) is 16.9. The van der Waals surface area contributed by atoms with Gasteiger partial charge in [0.05, 0.1) is 5.56 Å². The van der Waals surface area contributed by atoms with Crippen molar-refractivity contribution in [3.05, 3.63) is 35.5 Å². The maximum atomic E-state index is 12.8. The van der Waals surface area contributed by atoms with Gasteiger partial charge in [0.25, 0.3) is 0 Å². The van der Waals surface area contributed by atoms with Crippen molar-refractivity contribution in [3.8, 4) is 0 Å². The molecule has 0 amide bonds. The first-order chi connectivity index (χ1) is 7.98. The maximum absolute atomic E-state index is 12.8. The molecule has 0 aromatic carbocycles. The number of alkyl halides is 3. The Morgan fingerprint density at radius 3 is 2.76 bits per heavy atom. The molecular weight excluding hydrogens is 229 g/mol. The van der Waals surface area contributed by atoms with Gasteiger partial charge in [-0.3, -0.25) is 0 Å². The number of pyridine rings is 1. The Balaban J connectivity index is 2.36. The molecule has 0 saturated heterocycles. The Kier molecular flexibility index (Phi) is 3.09. The highest BCUT2D eigenvalue weighted by Gasteiger charge is 2.35. The van der Waals surface area contributed by atoms with Gasteiger partial charge in [-0.15, -0.1) is 0 Å². The largest absolute Gasteiger partial charge is 0.419 e. The fourth-order valence-corrected chi connectivity index (χ4v) is 1.96. The van der Waals surface area contributed by atoms with E-state index < -0.39 is 11.7 Å². The Morgan fingerprint density at radius 1 is 1.35 bits per heavy atom. The molecule has 0 bridgehead atoms. The van der Waals surface area contributed by atoms with Gasteiger partial charge < -0.3 is 4.90 Å². The van der Waals surface area contributed by atoms with Crippen LogP contribution >= 0.6 is 0 Å². The van der Waals surface area contributed by atoms with Crippen LogP contribution in [0, 0.1) is 0 Å². The second-order valence-electron chi connectivity index (χ2n) is 4.13. The average Bonchev–Trinajstić information content (AvgIpc) is 2.28. The molecule has 1 aliphatic rings. The molecule has 1 aliphatic heterocycles. The Bertz CT molecular complexity index is 438. The van der Waals surface area contributed by atoms with Gasteiger partial charge in [-0.1, -0.05) is 11.6 Å². The van der Waals surface area contributed by atoms with Crippen LogP contribution in [0.15, 0.2) is 30.0 Å². The fraction of sp³-hybridized carbons (Fsp3) is 0.417. The van der Waals surface area contributed by atoms with Crippen LogP contribution in [0.5, 0.6) is 0 Å². The van der Waals surface area contributed by atoms with E-state index in [0.717, 1.165) is 18.1 Å². The number of aromatic nitrogens is 1. The average molecular weight is 242 g/mol. The molecule has 0 saturated carbocycles. The second-order valence-corrected chi connectivity index (χ2v) is 4.13. The SMILES string of the molecule is CC1=CCCN(c2ncccc2C(F)(F)F)C1. The number of hydrogen-bond acceptors (Lipinski definition) is 2. The van der Waals surface area contributed by atoms with Crippen LogP contribution in [0.25, 0.3) is 0 Å². The van der Waals surface area contributed by atoms with Crippen molar-refractivity contribution in [1.29, 1.82) is 0 Å². The highest BCUT2D eigenvalue weighted by Crippen LogP contribution is 2.35. The van der Waals surface area contributed by atoms with Crippen LogP contribution in [-0.4, -0.2) is 18.1 Å². The summed E-state index contributed by atoms with van der Waals surface area (Å²) in [5, 5.41) is 0. The van der Waals surface area contributed by atoms with E-state index in [1.807, 2.05) is 13.0 Å². The molecule has 0 spiro atoms. The Hall–Kier alpha value is -1.52. The third-order valence-corrected chi connectivity index (χ3v) is 2.72. The fourth-order valence-electron chi connectivity index (χ4n) is 1.96. The Labute approximate surface area is 97.8 Å². The van der Waals surface area contributed by atoms with Crippen LogP contribution < -0.4 is 4.90 Å². The van der Waals surface area contributed by atoms with E-state index in [-0.39, 0.29) is 5.82 Å². The van der Waals surface area contributed by atoms with Crippen molar-refractivity contribution < 1.29 is 13.2 Å². The molecule has 2 nitrogen and oxygen atoms in total. The summed E-state index contributed by atoms with van der Waals surface area (Å²) < 4.78 is 38.5. The van der Waals surface area contributed by atoms with Crippen molar-refractivity contribution in [2.45, 2.75) is 19.5 Å². The zero-order chi connectivity index (χ0) is 12.5. The Morgan fingerprint density at radius 2 is 2.12 bits per heavy atom. The van der Waals surface area contributed by atoms with E-state index in [1.165, 1.54) is 12.3 Å². The quantitative estimate of drug-likeness (QED) is 0.703. The van der Waals surface area contributed by atoms with Gasteiger partial charge in [0.15, 0.2) is 0 Å². The van der Waals surface area contributed by atoms with Crippen LogP contribution in [0.4, 0.5) is 19.0 Å². The summed E-state index contributed by atoms with van der Waals surface area (Å²) in [6, 6.07) is 2.40. The molecule has 5 heteroatoms. The predicted octanol–water partition coefficient (Wildman–Crippen LogP) is 3.26. The van der Waals surface area contributed by atoms with Gasteiger partial charge in [-0.2, -0.15) is 13.2 Å². The number of nitrogens with zero attached hydrogens (tertiary/aromatic N) is 2. The van der Waals surface area contributed by atoms with E-state index in [2.05, 4.69) is 4.98 Å². The molecule has 0 unspecified atom stereocenters. The lowest BCUT2D eigenvalue weighted by molar-refractivity contribution is -0.137. The number of rotatable bonds is 1. The summed E-state index contributed by atoms with van der Waals surface area (Å²) in [5.41, 5.74) is 0.421. The first-order valence-electron chi connectivity index (χ1n) is 5.41. The lowest BCUT2D eigenvalue weighted by atomic mass is 10.1. The highest BCUT2D eigenvalue weighted by atomic mass is 19.4. The zero-order valence-electron chi connectivity index (χ0n) is 9.46. The molecule has 0 atom stereocenters. The lowest BCUT2D eigenvalue weighted by Crippen LogP contribution is -2.31. The van der Waals surface area contributed by atoms with Crippen molar-refractivity contribution in [1.82, 2.24) is 4.98 Å². The summed E-state index contributed by atoms with van der Waals surface area (Å²) in [7, 11) is 0. The third kappa shape index (κ3) is 2.60. The topological polar surface area (TPSA) is 16.1 Å². The van der Waals surface area contributed by atoms with Gasteiger partial charge in [-0.25, -0.2) is 4.98 Å². The van der Waals surface area contributed by atoms with E-state index in [0.29, 0.717) is 13.1 Å². The zero-order valence-corrected chi connectivity index (χ0v) is 9.46. The van der Waals surface area contributed by atoms with Crippen molar-refractivity contribution in [2.75, 3.05) is 18.0 Å². The van der Waals surface area contributed by atoms with E-state index in [1.54, 1.807) is 4.90 Å². The monoisotopic (exact) mass is 242 g/mol. The van der Waals surface area contributed by atoms with E-state index in [9.17, 15) is 13.2 Å².